The average molecular weight is 376 g/mol. The second-order valence-electron chi connectivity index (χ2n) is 6.49. The molecule has 3 amide bonds. The van der Waals surface area contributed by atoms with Crippen molar-refractivity contribution < 1.29 is 14.3 Å². The van der Waals surface area contributed by atoms with Gasteiger partial charge in [-0.3, -0.25) is 0 Å². The van der Waals surface area contributed by atoms with Crippen LogP contribution in [0.5, 0.6) is 0 Å². The molecule has 0 spiro atoms. The molecule has 3 rings (SSSR count). The monoisotopic (exact) mass is 376 g/mol. The summed E-state index contributed by atoms with van der Waals surface area (Å²) in [5.41, 5.74) is 1.72. The lowest BCUT2D eigenvalue weighted by molar-refractivity contribution is 0.0868. The minimum atomic E-state index is -0.316. The van der Waals surface area contributed by atoms with Gasteiger partial charge < -0.3 is 19.9 Å². The molecule has 1 fully saturated rings. The Morgan fingerprint density at radius 3 is 2.58 bits per heavy atom. The van der Waals surface area contributed by atoms with Crippen molar-refractivity contribution in [3.63, 3.8) is 0 Å². The van der Waals surface area contributed by atoms with Crippen molar-refractivity contribution in [1.82, 2.24) is 14.8 Å². The Labute approximate surface area is 156 Å². The summed E-state index contributed by atoms with van der Waals surface area (Å²) in [6, 6.07) is 5.62. The predicted octanol–water partition coefficient (Wildman–Crippen LogP) is 3.73. The van der Waals surface area contributed by atoms with E-state index in [0.717, 1.165) is 20.9 Å². The molecule has 0 aliphatic carbocycles. The number of benzene rings is 1. The average Bonchev–Trinajstić information content (AvgIpc) is 3.06. The first kappa shape index (κ1) is 18.4. The van der Waals surface area contributed by atoms with Crippen LogP contribution in [0.1, 0.15) is 31.7 Å². The third-order valence-corrected chi connectivity index (χ3v) is 5.56. The van der Waals surface area contributed by atoms with Gasteiger partial charge in [-0.15, -0.1) is 11.3 Å². The zero-order valence-electron chi connectivity index (χ0n) is 15.3. The van der Waals surface area contributed by atoms with E-state index in [-0.39, 0.29) is 12.1 Å². The van der Waals surface area contributed by atoms with Crippen LogP contribution in [0.3, 0.4) is 0 Å². The van der Waals surface area contributed by atoms with Gasteiger partial charge in [0, 0.05) is 37.8 Å². The van der Waals surface area contributed by atoms with E-state index in [4.69, 9.17) is 4.74 Å². The van der Waals surface area contributed by atoms with E-state index in [1.165, 1.54) is 0 Å². The highest BCUT2D eigenvalue weighted by Crippen LogP contribution is 2.29. The number of amides is 3. The van der Waals surface area contributed by atoms with E-state index in [1.807, 2.05) is 18.2 Å². The maximum Gasteiger partial charge on any atom is 0.409 e. The molecule has 0 radical (unpaired) electrons. The van der Waals surface area contributed by atoms with Gasteiger partial charge in [0.05, 0.1) is 21.8 Å². The summed E-state index contributed by atoms with van der Waals surface area (Å²) < 4.78 is 6.06. The Hall–Kier alpha value is -2.35. The van der Waals surface area contributed by atoms with Crippen molar-refractivity contribution in [2.24, 2.45) is 0 Å². The topological polar surface area (TPSA) is 74.8 Å². The van der Waals surface area contributed by atoms with E-state index in [1.54, 1.807) is 28.1 Å². The first-order chi connectivity index (χ1) is 12.5. The number of rotatable bonds is 3. The number of hydrogen-bond acceptors (Lipinski definition) is 5. The molecule has 0 saturated carbocycles. The molecule has 1 aromatic carbocycles. The van der Waals surface area contributed by atoms with Crippen molar-refractivity contribution in [2.45, 2.75) is 26.7 Å². The number of carbonyl (C=O) groups is 2. The molecular formula is C18H24N4O3S. The molecule has 0 bridgehead atoms. The Morgan fingerprint density at radius 1 is 1.23 bits per heavy atom. The first-order valence-electron chi connectivity index (χ1n) is 8.86. The van der Waals surface area contributed by atoms with E-state index in [9.17, 15) is 9.59 Å². The van der Waals surface area contributed by atoms with Crippen molar-refractivity contribution >= 4 is 39.4 Å². The summed E-state index contributed by atoms with van der Waals surface area (Å²) in [7, 11) is 0. The maximum atomic E-state index is 12.5. The fourth-order valence-corrected chi connectivity index (χ4v) is 3.79. The molecule has 1 aliphatic rings. The number of fused-ring (bicyclic) bond motifs is 1. The van der Waals surface area contributed by atoms with E-state index in [2.05, 4.69) is 24.1 Å². The smallest absolute Gasteiger partial charge is 0.409 e. The Kier molecular flexibility index (Phi) is 5.61. The molecule has 1 aromatic heterocycles. The fourth-order valence-electron chi connectivity index (χ4n) is 2.78. The molecular weight excluding hydrogens is 352 g/mol. The highest BCUT2D eigenvalue weighted by Gasteiger charge is 2.24. The van der Waals surface area contributed by atoms with Gasteiger partial charge >= 0.3 is 12.1 Å². The van der Waals surface area contributed by atoms with Crippen LogP contribution < -0.4 is 5.32 Å². The van der Waals surface area contributed by atoms with E-state index >= 15 is 0 Å². The summed E-state index contributed by atoms with van der Waals surface area (Å²) in [6.07, 6.45) is -0.316. The molecule has 7 nitrogen and oxygen atoms in total. The van der Waals surface area contributed by atoms with Gasteiger partial charge in [-0.1, -0.05) is 13.8 Å². The largest absolute Gasteiger partial charge is 0.450 e. The van der Waals surface area contributed by atoms with Crippen LogP contribution in [-0.4, -0.2) is 59.7 Å². The number of urea groups is 1. The number of ether oxygens (including phenoxy) is 1. The normalized spacial score (nSPS) is 14.8. The quantitative estimate of drug-likeness (QED) is 0.886. The molecule has 26 heavy (non-hydrogen) atoms. The van der Waals surface area contributed by atoms with Gasteiger partial charge in [-0.05, 0) is 25.1 Å². The third kappa shape index (κ3) is 4.07. The second kappa shape index (κ2) is 7.90. The van der Waals surface area contributed by atoms with Crippen LogP contribution in [0.2, 0.25) is 0 Å². The van der Waals surface area contributed by atoms with Gasteiger partial charge in [0.2, 0.25) is 0 Å². The second-order valence-corrected chi connectivity index (χ2v) is 7.55. The molecule has 2 heterocycles. The van der Waals surface area contributed by atoms with Crippen molar-refractivity contribution in [3.05, 3.63) is 23.2 Å². The lowest BCUT2D eigenvalue weighted by Gasteiger charge is -2.33. The van der Waals surface area contributed by atoms with Crippen LogP contribution in [0, 0.1) is 0 Å². The number of aromatic nitrogens is 1. The zero-order chi connectivity index (χ0) is 18.7. The van der Waals surface area contributed by atoms with Crippen LogP contribution in [0.25, 0.3) is 10.2 Å². The highest BCUT2D eigenvalue weighted by molar-refractivity contribution is 7.18. The van der Waals surface area contributed by atoms with Gasteiger partial charge in [0.15, 0.2) is 0 Å². The number of nitrogens with zero attached hydrogens (tertiary/aromatic N) is 3. The fraction of sp³-hybridized carbons (Fsp3) is 0.500. The molecule has 8 heteroatoms. The van der Waals surface area contributed by atoms with Crippen LogP contribution in [0.4, 0.5) is 15.3 Å². The van der Waals surface area contributed by atoms with E-state index < -0.39 is 0 Å². The van der Waals surface area contributed by atoms with Gasteiger partial charge in [-0.25, -0.2) is 14.6 Å². The molecule has 1 saturated heterocycles. The first-order valence-corrected chi connectivity index (χ1v) is 9.67. The number of thiazole rings is 1. The van der Waals surface area contributed by atoms with E-state index in [0.29, 0.717) is 38.7 Å². The minimum absolute atomic E-state index is 0.151. The number of carbonyl (C=O) groups excluding carboxylic acids is 2. The molecule has 0 unspecified atom stereocenters. The van der Waals surface area contributed by atoms with Crippen molar-refractivity contribution in [1.29, 1.82) is 0 Å². The lowest BCUT2D eigenvalue weighted by Crippen LogP contribution is -2.51. The molecule has 1 N–H and O–H groups in total. The number of piperazine rings is 1. The minimum Gasteiger partial charge on any atom is -0.450 e. The maximum absolute atomic E-state index is 12.5. The number of anilines is 1. The molecule has 2 aromatic rings. The number of nitrogens with one attached hydrogen (secondary N) is 1. The Balaban J connectivity index is 1.60. The number of hydrogen-bond donors (Lipinski definition) is 1. The summed E-state index contributed by atoms with van der Waals surface area (Å²) in [5.74, 6) is 0.390. The van der Waals surface area contributed by atoms with Gasteiger partial charge in [-0.2, -0.15) is 0 Å². The standard InChI is InChI=1S/C18H24N4O3S/c1-4-25-18(24)22-9-7-21(8-10-22)17(23)19-13-5-6-14-15(11-13)26-16(20-14)12(2)3/h5-6,11-12H,4,7-10H2,1-3H3,(H,19,23). The molecule has 140 valence electrons. The van der Waals surface area contributed by atoms with Gasteiger partial charge in [0.25, 0.3) is 0 Å². The summed E-state index contributed by atoms with van der Waals surface area (Å²) in [6.45, 7) is 8.34. The lowest BCUT2D eigenvalue weighted by atomic mass is 10.2. The Morgan fingerprint density at radius 2 is 1.92 bits per heavy atom. The molecule has 1 aliphatic heterocycles. The third-order valence-electron chi connectivity index (χ3n) is 4.24. The van der Waals surface area contributed by atoms with Crippen LogP contribution >= 0.6 is 11.3 Å². The SMILES string of the molecule is CCOC(=O)N1CCN(C(=O)Nc2ccc3nc(C(C)C)sc3c2)CC1. The predicted molar refractivity (Wildman–Crippen MR) is 103 cm³/mol. The highest BCUT2D eigenvalue weighted by atomic mass is 32.1. The zero-order valence-corrected chi connectivity index (χ0v) is 16.1. The summed E-state index contributed by atoms with van der Waals surface area (Å²) in [4.78, 5) is 32.2. The van der Waals surface area contributed by atoms with Gasteiger partial charge in [0.1, 0.15) is 0 Å². The van der Waals surface area contributed by atoms with Crippen LogP contribution in [-0.2, 0) is 4.74 Å². The summed E-state index contributed by atoms with van der Waals surface area (Å²) >= 11 is 1.66. The summed E-state index contributed by atoms with van der Waals surface area (Å²) in [5, 5.41) is 4.04. The Bertz CT molecular complexity index is 797. The van der Waals surface area contributed by atoms with Crippen LogP contribution in [0.15, 0.2) is 18.2 Å². The van der Waals surface area contributed by atoms with Crippen molar-refractivity contribution in [3.8, 4) is 0 Å². The molecule has 0 atom stereocenters. The van der Waals surface area contributed by atoms with Crippen molar-refractivity contribution in [2.75, 3.05) is 38.1 Å².